The van der Waals surface area contributed by atoms with Crippen LogP contribution in [0, 0.1) is 19.8 Å². The Kier molecular flexibility index (Phi) is 5.11. The molecule has 21 heavy (non-hydrogen) atoms. The Labute approximate surface area is 127 Å². The number of hydrogen-bond donors (Lipinski definition) is 2. The van der Waals surface area contributed by atoms with Gasteiger partial charge >= 0.3 is 0 Å². The SMILES string of the molecule is CCNCc1c(C)oc(C)c1S(=O)(=O)NC1CCC(C)C1. The molecular weight excluding hydrogens is 288 g/mol. The largest absolute Gasteiger partial charge is 0.465 e. The maximum Gasteiger partial charge on any atom is 0.244 e. The summed E-state index contributed by atoms with van der Waals surface area (Å²) in [6, 6.07) is 0.0478. The first-order chi connectivity index (χ1) is 9.85. The quantitative estimate of drug-likeness (QED) is 0.846. The minimum atomic E-state index is -3.52. The van der Waals surface area contributed by atoms with Crippen LogP contribution in [0.25, 0.3) is 0 Å². The van der Waals surface area contributed by atoms with Crippen molar-refractivity contribution in [2.24, 2.45) is 5.92 Å². The van der Waals surface area contributed by atoms with Gasteiger partial charge in [-0.15, -0.1) is 0 Å². The smallest absolute Gasteiger partial charge is 0.244 e. The first-order valence-electron chi connectivity index (χ1n) is 7.67. The van der Waals surface area contributed by atoms with E-state index in [-0.39, 0.29) is 6.04 Å². The molecule has 0 aromatic carbocycles. The van der Waals surface area contributed by atoms with Crippen molar-refractivity contribution < 1.29 is 12.8 Å². The van der Waals surface area contributed by atoms with E-state index < -0.39 is 10.0 Å². The summed E-state index contributed by atoms with van der Waals surface area (Å²) < 4.78 is 33.8. The normalized spacial score (nSPS) is 22.9. The highest BCUT2D eigenvalue weighted by Crippen LogP contribution is 2.30. The number of hydrogen-bond acceptors (Lipinski definition) is 4. The fourth-order valence-corrected chi connectivity index (χ4v) is 4.84. The van der Waals surface area contributed by atoms with E-state index in [2.05, 4.69) is 17.0 Å². The molecular formula is C15H26N2O3S. The van der Waals surface area contributed by atoms with E-state index in [4.69, 9.17) is 4.42 Å². The lowest BCUT2D eigenvalue weighted by molar-refractivity contribution is 0.491. The first-order valence-corrected chi connectivity index (χ1v) is 9.15. The van der Waals surface area contributed by atoms with E-state index in [9.17, 15) is 8.42 Å². The maximum atomic E-state index is 12.7. The molecule has 5 nitrogen and oxygen atoms in total. The predicted octanol–water partition coefficient (Wildman–Crippen LogP) is 2.47. The number of nitrogens with one attached hydrogen (secondary N) is 2. The number of sulfonamides is 1. The Morgan fingerprint density at radius 3 is 2.52 bits per heavy atom. The fourth-order valence-electron chi connectivity index (χ4n) is 3.11. The topological polar surface area (TPSA) is 71.3 Å². The van der Waals surface area contributed by atoms with Gasteiger partial charge in [-0.3, -0.25) is 0 Å². The van der Waals surface area contributed by atoms with Crippen molar-refractivity contribution in [3.8, 4) is 0 Å². The molecule has 1 aromatic heterocycles. The second kappa shape index (κ2) is 6.50. The molecule has 0 radical (unpaired) electrons. The van der Waals surface area contributed by atoms with Gasteiger partial charge in [0.25, 0.3) is 0 Å². The summed E-state index contributed by atoms with van der Waals surface area (Å²) in [5.74, 6) is 1.73. The molecule has 0 aliphatic heterocycles. The van der Waals surface area contributed by atoms with Gasteiger partial charge in [0.05, 0.1) is 0 Å². The first kappa shape index (κ1) is 16.5. The lowest BCUT2D eigenvalue weighted by Gasteiger charge is -2.14. The molecule has 1 fully saturated rings. The molecule has 0 saturated heterocycles. The average Bonchev–Trinajstić information content (AvgIpc) is 2.90. The summed E-state index contributed by atoms with van der Waals surface area (Å²) >= 11 is 0. The van der Waals surface area contributed by atoms with Gasteiger partial charge in [-0.2, -0.15) is 0 Å². The lowest BCUT2D eigenvalue weighted by Crippen LogP contribution is -2.34. The summed E-state index contributed by atoms with van der Waals surface area (Å²) in [5.41, 5.74) is 0.743. The van der Waals surface area contributed by atoms with Crippen molar-refractivity contribution in [2.45, 2.75) is 64.4 Å². The standard InChI is InChI=1S/C15H26N2O3S/c1-5-16-9-14-11(3)20-12(4)15(14)21(18,19)17-13-7-6-10(2)8-13/h10,13,16-17H,5-9H2,1-4H3. The molecule has 2 N–H and O–H groups in total. The van der Waals surface area contributed by atoms with Crippen molar-refractivity contribution in [2.75, 3.05) is 6.54 Å². The van der Waals surface area contributed by atoms with Crippen LogP contribution in [0.5, 0.6) is 0 Å². The van der Waals surface area contributed by atoms with E-state index in [1.165, 1.54) is 0 Å². The highest BCUT2D eigenvalue weighted by atomic mass is 32.2. The fraction of sp³-hybridized carbons (Fsp3) is 0.733. The zero-order valence-corrected chi connectivity index (χ0v) is 14.1. The predicted molar refractivity (Wildman–Crippen MR) is 82.7 cm³/mol. The zero-order chi connectivity index (χ0) is 15.6. The lowest BCUT2D eigenvalue weighted by atomic mass is 10.1. The Hall–Kier alpha value is -0.850. The monoisotopic (exact) mass is 314 g/mol. The molecule has 0 spiro atoms. The third kappa shape index (κ3) is 3.67. The van der Waals surface area contributed by atoms with Crippen molar-refractivity contribution >= 4 is 10.0 Å². The number of furan rings is 1. The summed E-state index contributed by atoms with van der Waals surface area (Å²) in [7, 11) is -3.52. The van der Waals surface area contributed by atoms with Gasteiger partial charge in [-0.1, -0.05) is 13.8 Å². The summed E-state index contributed by atoms with van der Waals surface area (Å²) in [6.07, 6.45) is 2.91. The second-order valence-corrected chi connectivity index (χ2v) is 7.69. The van der Waals surface area contributed by atoms with Crippen LogP contribution in [0.1, 0.15) is 50.2 Å². The Morgan fingerprint density at radius 1 is 1.24 bits per heavy atom. The van der Waals surface area contributed by atoms with Crippen LogP contribution in [0.2, 0.25) is 0 Å². The highest BCUT2D eigenvalue weighted by Gasteiger charge is 2.31. The van der Waals surface area contributed by atoms with E-state index in [0.717, 1.165) is 31.4 Å². The second-order valence-electron chi connectivity index (χ2n) is 6.04. The number of rotatable bonds is 6. The zero-order valence-electron chi connectivity index (χ0n) is 13.3. The van der Waals surface area contributed by atoms with Gasteiger partial charge in [0.1, 0.15) is 16.4 Å². The average molecular weight is 314 g/mol. The molecule has 6 heteroatoms. The summed E-state index contributed by atoms with van der Waals surface area (Å²) in [6.45, 7) is 8.99. The third-order valence-corrected chi connectivity index (χ3v) is 5.88. The van der Waals surface area contributed by atoms with Crippen LogP contribution in [0.4, 0.5) is 0 Å². The van der Waals surface area contributed by atoms with E-state index in [0.29, 0.717) is 28.9 Å². The summed E-state index contributed by atoms with van der Waals surface area (Å²) in [4.78, 5) is 0.320. The van der Waals surface area contributed by atoms with E-state index >= 15 is 0 Å². The van der Waals surface area contributed by atoms with Crippen LogP contribution < -0.4 is 10.0 Å². The molecule has 1 aliphatic carbocycles. The van der Waals surface area contributed by atoms with Gasteiger partial charge in [-0.25, -0.2) is 13.1 Å². The van der Waals surface area contributed by atoms with E-state index in [1.807, 2.05) is 13.8 Å². The van der Waals surface area contributed by atoms with E-state index in [1.54, 1.807) is 6.92 Å². The summed E-state index contributed by atoms with van der Waals surface area (Å²) in [5, 5.41) is 3.18. The van der Waals surface area contributed by atoms with Crippen molar-refractivity contribution in [1.82, 2.24) is 10.0 Å². The molecule has 2 atom stereocenters. The third-order valence-electron chi connectivity index (χ3n) is 4.16. The minimum Gasteiger partial charge on any atom is -0.465 e. The van der Waals surface area contributed by atoms with Crippen molar-refractivity contribution in [1.29, 1.82) is 0 Å². The highest BCUT2D eigenvalue weighted by molar-refractivity contribution is 7.89. The molecule has 1 aliphatic rings. The van der Waals surface area contributed by atoms with Gasteiger partial charge in [-0.05, 0) is 45.6 Å². The Balaban J connectivity index is 2.26. The molecule has 0 bridgehead atoms. The molecule has 0 amide bonds. The molecule has 2 rings (SSSR count). The Bertz CT molecular complexity index is 592. The van der Waals surface area contributed by atoms with Crippen LogP contribution in [-0.4, -0.2) is 21.0 Å². The van der Waals surface area contributed by atoms with Gasteiger partial charge in [0.15, 0.2) is 0 Å². The number of aryl methyl sites for hydroxylation is 2. The van der Waals surface area contributed by atoms with Crippen LogP contribution in [0.3, 0.4) is 0 Å². The molecule has 1 aromatic rings. The van der Waals surface area contributed by atoms with Gasteiger partial charge < -0.3 is 9.73 Å². The van der Waals surface area contributed by atoms with Crippen LogP contribution in [0.15, 0.2) is 9.31 Å². The minimum absolute atomic E-state index is 0.0478. The molecule has 1 heterocycles. The Morgan fingerprint density at radius 2 is 1.95 bits per heavy atom. The maximum absolute atomic E-state index is 12.7. The van der Waals surface area contributed by atoms with Gasteiger partial charge in [0.2, 0.25) is 10.0 Å². The van der Waals surface area contributed by atoms with Gasteiger partial charge in [0, 0.05) is 18.2 Å². The van der Waals surface area contributed by atoms with Crippen LogP contribution in [-0.2, 0) is 16.6 Å². The van der Waals surface area contributed by atoms with Crippen molar-refractivity contribution in [3.63, 3.8) is 0 Å². The van der Waals surface area contributed by atoms with Crippen molar-refractivity contribution in [3.05, 3.63) is 17.1 Å². The molecule has 120 valence electrons. The van der Waals surface area contributed by atoms with Crippen LogP contribution >= 0.6 is 0 Å². The molecule has 1 saturated carbocycles. The molecule has 2 unspecified atom stereocenters.